The van der Waals surface area contributed by atoms with Gasteiger partial charge < -0.3 is 19.0 Å². The molecule has 10 heteroatoms. The van der Waals surface area contributed by atoms with Gasteiger partial charge in [-0.2, -0.15) is 0 Å². The van der Waals surface area contributed by atoms with E-state index >= 15 is 0 Å². The fraction of sp³-hybridized carbons (Fsp3) is 0.200. The van der Waals surface area contributed by atoms with Crippen molar-refractivity contribution in [1.29, 1.82) is 0 Å². The molecule has 0 heterocycles. The van der Waals surface area contributed by atoms with Crippen LogP contribution in [0.3, 0.4) is 0 Å². The van der Waals surface area contributed by atoms with E-state index in [1.165, 1.54) is 20.3 Å². The number of carbonyl (C=O) groups excluding carboxylic acids is 1. The molecular weight excluding hydrogens is 476 g/mol. The Morgan fingerprint density at radius 2 is 1.73 bits per heavy atom. The Labute approximate surface area is 193 Å². The second-order valence-corrected chi connectivity index (χ2v) is 7.40. The number of nitrogens with zero attached hydrogens (tertiary/aromatic N) is 1. The number of rotatable bonds is 9. The van der Waals surface area contributed by atoms with Crippen molar-refractivity contribution in [2.24, 2.45) is 5.16 Å². The van der Waals surface area contributed by atoms with Crippen molar-refractivity contribution in [3.63, 3.8) is 0 Å². The average molecular weight is 493 g/mol. The fourth-order valence-corrected chi connectivity index (χ4v) is 3.07. The molecule has 2 aromatic rings. The summed E-state index contributed by atoms with van der Waals surface area (Å²) in [7, 11) is 2.60. The molecular formula is C20H17Cl4NO5. The van der Waals surface area contributed by atoms with Gasteiger partial charge in [0.15, 0.2) is 11.5 Å². The van der Waals surface area contributed by atoms with E-state index in [1.54, 1.807) is 36.4 Å². The van der Waals surface area contributed by atoms with Gasteiger partial charge in [-0.3, -0.25) is 0 Å². The number of esters is 1. The molecule has 0 saturated heterocycles. The van der Waals surface area contributed by atoms with Gasteiger partial charge in [0.2, 0.25) is 0 Å². The number of methoxy groups -OCH3 is 1. The van der Waals surface area contributed by atoms with Crippen molar-refractivity contribution in [2.45, 2.75) is 6.61 Å². The van der Waals surface area contributed by atoms with E-state index in [0.29, 0.717) is 16.9 Å². The van der Waals surface area contributed by atoms with Crippen molar-refractivity contribution >= 4 is 58.1 Å². The zero-order valence-electron chi connectivity index (χ0n) is 16.0. The molecule has 160 valence electrons. The van der Waals surface area contributed by atoms with Gasteiger partial charge >= 0.3 is 5.97 Å². The number of hydrogen-bond donors (Lipinski definition) is 0. The summed E-state index contributed by atoms with van der Waals surface area (Å²) in [5.74, 6) is 0.0430. The predicted octanol–water partition coefficient (Wildman–Crippen LogP) is 5.79. The van der Waals surface area contributed by atoms with Gasteiger partial charge in [0.1, 0.15) is 30.6 Å². The summed E-state index contributed by atoms with van der Waals surface area (Å²) in [5.41, 5.74) is 1.20. The Morgan fingerprint density at radius 3 is 2.33 bits per heavy atom. The van der Waals surface area contributed by atoms with E-state index in [4.69, 9.17) is 65.5 Å². The normalized spacial score (nSPS) is 10.9. The predicted molar refractivity (Wildman–Crippen MR) is 118 cm³/mol. The van der Waals surface area contributed by atoms with Crippen molar-refractivity contribution in [2.75, 3.05) is 20.8 Å². The van der Waals surface area contributed by atoms with Crippen LogP contribution in [0.15, 0.2) is 52.1 Å². The highest BCUT2D eigenvalue weighted by atomic mass is 35.5. The first-order valence-electron chi connectivity index (χ1n) is 8.40. The van der Waals surface area contributed by atoms with Gasteiger partial charge in [0.25, 0.3) is 0 Å². The molecule has 0 N–H and O–H groups in total. The minimum atomic E-state index is -0.636. The maximum atomic E-state index is 12.0. The number of oxime groups is 1. The van der Waals surface area contributed by atoms with Gasteiger partial charge in [-0.25, -0.2) is 4.79 Å². The van der Waals surface area contributed by atoms with Crippen molar-refractivity contribution in [3.8, 4) is 11.5 Å². The Kier molecular flexibility index (Phi) is 9.59. The van der Waals surface area contributed by atoms with Gasteiger partial charge in [0, 0.05) is 17.7 Å². The highest BCUT2D eigenvalue weighted by molar-refractivity contribution is 6.55. The lowest BCUT2D eigenvalue weighted by molar-refractivity contribution is -0.132. The van der Waals surface area contributed by atoms with E-state index in [0.717, 1.165) is 0 Å². The van der Waals surface area contributed by atoms with Crippen molar-refractivity contribution in [1.82, 2.24) is 0 Å². The van der Waals surface area contributed by atoms with Crippen LogP contribution in [-0.2, 0) is 21.0 Å². The molecule has 0 saturated carbocycles. The topological polar surface area (TPSA) is 66.4 Å². The molecule has 0 spiro atoms. The summed E-state index contributed by atoms with van der Waals surface area (Å²) in [6, 6.07) is 10.2. The van der Waals surface area contributed by atoms with Gasteiger partial charge in [-0.15, -0.1) is 0 Å². The molecule has 2 aromatic carbocycles. The SMILES string of the molecule is CO/N=C(/C(=O)OC)c1ccccc1COc1cc(Cl)c(OCC=C(Cl)Cl)c(Cl)c1. The van der Waals surface area contributed by atoms with Crippen LogP contribution in [0, 0.1) is 0 Å². The van der Waals surface area contributed by atoms with Crippen LogP contribution in [0.1, 0.15) is 11.1 Å². The Balaban J connectivity index is 2.21. The number of carbonyl (C=O) groups is 1. The van der Waals surface area contributed by atoms with Crippen LogP contribution in [0.5, 0.6) is 11.5 Å². The summed E-state index contributed by atoms with van der Waals surface area (Å²) in [5, 5.41) is 4.27. The first-order valence-corrected chi connectivity index (χ1v) is 9.92. The van der Waals surface area contributed by atoms with Crippen LogP contribution in [0.25, 0.3) is 0 Å². The molecule has 0 atom stereocenters. The van der Waals surface area contributed by atoms with Gasteiger partial charge in [-0.05, 0) is 11.6 Å². The Bertz CT molecular complexity index is 935. The molecule has 6 nitrogen and oxygen atoms in total. The highest BCUT2D eigenvalue weighted by Crippen LogP contribution is 2.37. The lowest BCUT2D eigenvalue weighted by atomic mass is 10.0. The number of halogens is 4. The zero-order valence-corrected chi connectivity index (χ0v) is 19.0. The molecule has 0 bridgehead atoms. The molecule has 0 amide bonds. The molecule has 30 heavy (non-hydrogen) atoms. The van der Waals surface area contributed by atoms with Crippen LogP contribution < -0.4 is 9.47 Å². The lowest BCUT2D eigenvalue weighted by Gasteiger charge is -2.14. The molecule has 0 aliphatic rings. The molecule has 2 rings (SSSR count). The number of ether oxygens (including phenoxy) is 3. The van der Waals surface area contributed by atoms with Crippen LogP contribution in [0.2, 0.25) is 10.0 Å². The maximum absolute atomic E-state index is 12.0. The van der Waals surface area contributed by atoms with Gasteiger partial charge in [-0.1, -0.05) is 75.8 Å². The second kappa shape index (κ2) is 11.9. The average Bonchev–Trinajstić information content (AvgIpc) is 2.72. The summed E-state index contributed by atoms with van der Waals surface area (Å²) in [6.45, 7) is 0.206. The molecule has 0 radical (unpaired) electrons. The maximum Gasteiger partial charge on any atom is 0.360 e. The van der Waals surface area contributed by atoms with Gasteiger partial charge in [0.05, 0.1) is 17.2 Å². The number of benzene rings is 2. The largest absolute Gasteiger partial charge is 0.489 e. The highest BCUT2D eigenvalue weighted by Gasteiger charge is 2.19. The monoisotopic (exact) mass is 491 g/mol. The molecule has 0 aliphatic heterocycles. The van der Waals surface area contributed by atoms with Crippen LogP contribution >= 0.6 is 46.4 Å². The minimum Gasteiger partial charge on any atom is -0.489 e. The Hall–Kier alpha value is -2.12. The van der Waals surface area contributed by atoms with Crippen LogP contribution in [0.4, 0.5) is 0 Å². The summed E-state index contributed by atoms with van der Waals surface area (Å²) in [4.78, 5) is 16.8. The smallest absolute Gasteiger partial charge is 0.360 e. The number of hydrogen-bond acceptors (Lipinski definition) is 6. The Morgan fingerprint density at radius 1 is 1.07 bits per heavy atom. The fourth-order valence-electron chi connectivity index (χ4n) is 2.37. The second-order valence-electron chi connectivity index (χ2n) is 5.58. The third kappa shape index (κ3) is 6.71. The first kappa shape index (κ1) is 24.2. The van der Waals surface area contributed by atoms with E-state index < -0.39 is 5.97 Å². The molecule has 0 unspecified atom stereocenters. The van der Waals surface area contributed by atoms with E-state index in [1.807, 2.05) is 0 Å². The van der Waals surface area contributed by atoms with E-state index in [-0.39, 0.29) is 39.2 Å². The third-order valence-corrected chi connectivity index (χ3v) is 4.54. The van der Waals surface area contributed by atoms with E-state index in [9.17, 15) is 4.79 Å². The van der Waals surface area contributed by atoms with Crippen molar-refractivity contribution in [3.05, 3.63) is 68.1 Å². The minimum absolute atomic E-state index is 0.0185. The standard InChI is InChI=1S/C20H17Cl4NO5/c1-27-20(26)18(25-28-2)14-6-4-3-5-12(14)11-30-13-9-15(21)19(16(22)10-13)29-8-7-17(23)24/h3-7,9-10H,8,11H2,1-2H3/b25-18+. The van der Waals surface area contributed by atoms with Crippen molar-refractivity contribution < 1.29 is 23.8 Å². The molecule has 0 aromatic heterocycles. The first-order chi connectivity index (χ1) is 14.4. The molecule has 0 fully saturated rings. The summed E-state index contributed by atoms with van der Waals surface area (Å²) in [6.07, 6.45) is 1.46. The van der Waals surface area contributed by atoms with Crippen LogP contribution in [-0.4, -0.2) is 32.5 Å². The lowest BCUT2D eigenvalue weighted by Crippen LogP contribution is -2.19. The quantitative estimate of drug-likeness (QED) is 0.251. The van der Waals surface area contributed by atoms with E-state index in [2.05, 4.69) is 5.16 Å². The summed E-state index contributed by atoms with van der Waals surface area (Å²) < 4.78 is 16.1. The third-order valence-electron chi connectivity index (χ3n) is 3.67. The molecule has 0 aliphatic carbocycles. The zero-order chi connectivity index (χ0) is 22.1. The summed E-state index contributed by atoms with van der Waals surface area (Å²) >= 11 is 23.6.